The van der Waals surface area contributed by atoms with E-state index in [2.05, 4.69) is 43.5 Å². The van der Waals surface area contributed by atoms with Gasteiger partial charge in [0, 0.05) is 40.0 Å². The van der Waals surface area contributed by atoms with Crippen LogP contribution in [-0.2, 0) is 17.8 Å². The van der Waals surface area contributed by atoms with Gasteiger partial charge in [0.1, 0.15) is 0 Å². The van der Waals surface area contributed by atoms with Gasteiger partial charge in [-0.05, 0) is 59.7 Å². The second-order valence-electron chi connectivity index (χ2n) is 5.22. The van der Waals surface area contributed by atoms with E-state index in [0.29, 0.717) is 0 Å². The van der Waals surface area contributed by atoms with Gasteiger partial charge in [-0.25, -0.2) is 4.98 Å². The molecule has 0 bridgehead atoms. The summed E-state index contributed by atoms with van der Waals surface area (Å²) in [5.74, 6) is 0.152. The second kappa shape index (κ2) is 5.55. The molecular formula is C15H16IN3O. The molecule has 1 unspecified atom stereocenters. The van der Waals surface area contributed by atoms with Crippen LogP contribution in [0.3, 0.4) is 0 Å². The van der Waals surface area contributed by atoms with E-state index in [0.717, 1.165) is 36.3 Å². The summed E-state index contributed by atoms with van der Waals surface area (Å²) in [4.78, 5) is 16.5. The molecule has 0 saturated heterocycles. The molecule has 0 spiro atoms. The molecule has 0 aliphatic carbocycles. The first-order valence-corrected chi connectivity index (χ1v) is 7.77. The van der Waals surface area contributed by atoms with E-state index in [4.69, 9.17) is 0 Å². The van der Waals surface area contributed by atoms with Gasteiger partial charge in [-0.15, -0.1) is 0 Å². The molecule has 0 saturated carbocycles. The van der Waals surface area contributed by atoms with Crippen LogP contribution < -0.4 is 5.32 Å². The number of benzene rings is 1. The van der Waals surface area contributed by atoms with Crippen molar-refractivity contribution in [2.75, 3.05) is 5.32 Å². The number of carbonyl (C=O) groups excluding carboxylic acids is 1. The summed E-state index contributed by atoms with van der Waals surface area (Å²) >= 11 is 2.28. The monoisotopic (exact) mass is 381 g/mol. The van der Waals surface area contributed by atoms with Crippen molar-refractivity contribution in [2.24, 2.45) is 5.92 Å². The quantitative estimate of drug-likeness (QED) is 0.814. The summed E-state index contributed by atoms with van der Waals surface area (Å²) in [6, 6.07) is 6.06. The molecule has 5 heteroatoms. The zero-order valence-electron chi connectivity index (χ0n) is 11.3. The lowest BCUT2D eigenvalue weighted by Gasteiger charge is -2.23. The smallest absolute Gasteiger partial charge is 0.227 e. The van der Waals surface area contributed by atoms with Crippen molar-refractivity contribution < 1.29 is 4.79 Å². The highest BCUT2D eigenvalue weighted by Gasteiger charge is 2.25. The summed E-state index contributed by atoms with van der Waals surface area (Å²) in [6.45, 7) is 2.90. The fourth-order valence-electron chi connectivity index (χ4n) is 2.59. The zero-order valence-corrected chi connectivity index (χ0v) is 13.4. The van der Waals surface area contributed by atoms with Crippen LogP contribution in [0.2, 0.25) is 0 Å². The molecule has 1 amide bonds. The van der Waals surface area contributed by atoms with Crippen LogP contribution in [0, 0.1) is 16.4 Å². The number of hydrogen-bond donors (Lipinski definition) is 1. The Morgan fingerprint density at radius 2 is 2.35 bits per heavy atom. The third kappa shape index (κ3) is 2.72. The number of amides is 1. The number of imidazole rings is 1. The van der Waals surface area contributed by atoms with Gasteiger partial charge in [0.15, 0.2) is 0 Å². The highest BCUT2D eigenvalue weighted by Crippen LogP contribution is 2.23. The Hall–Kier alpha value is -1.37. The van der Waals surface area contributed by atoms with E-state index in [1.54, 1.807) is 0 Å². The van der Waals surface area contributed by atoms with Crippen molar-refractivity contribution in [3.05, 3.63) is 45.6 Å². The van der Waals surface area contributed by atoms with Crippen LogP contribution >= 0.6 is 22.6 Å². The number of aromatic nitrogens is 2. The summed E-state index contributed by atoms with van der Waals surface area (Å²) in [6.07, 6.45) is 5.34. The van der Waals surface area contributed by atoms with Crippen molar-refractivity contribution >= 4 is 34.2 Å². The molecule has 4 nitrogen and oxygen atoms in total. The number of halogens is 1. The average Bonchev–Trinajstić information content (AvgIpc) is 2.89. The molecule has 3 rings (SSSR count). The number of aryl methyl sites for hydroxylation is 2. The van der Waals surface area contributed by atoms with Gasteiger partial charge in [-0.1, -0.05) is 0 Å². The molecule has 1 atom stereocenters. The number of rotatable bonds is 2. The number of anilines is 1. The van der Waals surface area contributed by atoms with Crippen molar-refractivity contribution in [1.29, 1.82) is 0 Å². The van der Waals surface area contributed by atoms with Crippen molar-refractivity contribution in [2.45, 2.75) is 26.3 Å². The standard InChI is InChI=1S/C15H16IN3O/c1-10-6-12(16)2-3-14(10)18-15(20)11-4-5-19-9-17-8-13(19)7-11/h2-3,6,8-9,11H,4-5,7H2,1H3,(H,18,20). The minimum absolute atomic E-state index is 0.0397. The first-order chi connectivity index (χ1) is 9.63. The molecule has 1 aromatic heterocycles. The molecule has 1 aliphatic heterocycles. The van der Waals surface area contributed by atoms with Crippen LogP contribution in [0.25, 0.3) is 0 Å². The number of carbonyl (C=O) groups is 1. The van der Waals surface area contributed by atoms with Crippen LogP contribution in [-0.4, -0.2) is 15.5 Å². The van der Waals surface area contributed by atoms with Gasteiger partial charge < -0.3 is 9.88 Å². The van der Waals surface area contributed by atoms with E-state index < -0.39 is 0 Å². The Morgan fingerprint density at radius 1 is 1.50 bits per heavy atom. The minimum atomic E-state index is 0.0397. The summed E-state index contributed by atoms with van der Waals surface area (Å²) in [7, 11) is 0. The number of nitrogens with one attached hydrogen (secondary N) is 1. The predicted molar refractivity (Wildman–Crippen MR) is 86.6 cm³/mol. The van der Waals surface area contributed by atoms with Crippen LogP contribution in [0.15, 0.2) is 30.7 Å². The van der Waals surface area contributed by atoms with E-state index in [1.807, 2.05) is 31.6 Å². The van der Waals surface area contributed by atoms with Gasteiger partial charge in [-0.2, -0.15) is 0 Å². The van der Waals surface area contributed by atoms with Gasteiger partial charge in [0.05, 0.1) is 6.33 Å². The molecule has 2 aromatic rings. The molecule has 1 N–H and O–H groups in total. The minimum Gasteiger partial charge on any atom is -0.335 e. The Labute approximate surface area is 131 Å². The molecule has 0 radical (unpaired) electrons. The molecule has 0 fully saturated rings. The Bertz CT molecular complexity index is 650. The maximum Gasteiger partial charge on any atom is 0.227 e. The number of nitrogens with zero attached hydrogens (tertiary/aromatic N) is 2. The normalized spacial score (nSPS) is 17.6. The maximum absolute atomic E-state index is 12.4. The molecule has 104 valence electrons. The highest BCUT2D eigenvalue weighted by molar-refractivity contribution is 14.1. The summed E-state index contributed by atoms with van der Waals surface area (Å²) in [5.41, 5.74) is 3.16. The van der Waals surface area contributed by atoms with Crippen molar-refractivity contribution in [3.8, 4) is 0 Å². The third-order valence-electron chi connectivity index (χ3n) is 3.79. The largest absolute Gasteiger partial charge is 0.335 e. The van der Waals surface area contributed by atoms with Gasteiger partial charge in [-0.3, -0.25) is 4.79 Å². The maximum atomic E-state index is 12.4. The molecule has 2 heterocycles. The predicted octanol–water partition coefficient (Wildman–Crippen LogP) is 3.00. The first-order valence-electron chi connectivity index (χ1n) is 6.69. The topological polar surface area (TPSA) is 46.9 Å². The summed E-state index contributed by atoms with van der Waals surface area (Å²) < 4.78 is 3.31. The van der Waals surface area contributed by atoms with Crippen LogP contribution in [0.5, 0.6) is 0 Å². The number of fused-ring (bicyclic) bond motifs is 1. The fraction of sp³-hybridized carbons (Fsp3) is 0.333. The van der Waals surface area contributed by atoms with Gasteiger partial charge in [0.2, 0.25) is 5.91 Å². The zero-order chi connectivity index (χ0) is 14.1. The van der Waals surface area contributed by atoms with Gasteiger partial charge >= 0.3 is 0 Å². The van der Waals surface area contributed by atoms with Crippen molar-refractivity contribution in [3.63, 3.8) is 0 Å². The Morgan fingerprint density at radius 3 is 3.15 bits per heavy atom. The van der Waals surface area contributed by atoms with E-state index >= 15 is 0 Å². The SMILES string of the molecule is Cc1cc(I)ccc1NC(=O)C1CCn2cncc2C1. The van der Waals surface area contributed by atoms with E-state index in [9.17, 15) is 4.79 Å². The average molecular weight is 381 g/mol. The van der Waals surface area contributed by atoms with Gasteiger partial charge in [0.25, 0.3) is 0 Å². The second-order valence-corrected chi connectivity index (χ2v) is 6.46. The Kier molecular flexibility index (Phi) is 3.78. The summed E-state index contributed by atoms with van der Waals surface area (Å²) in [5, 5.41) is 3.06. The fourth-order valence-corrected chi connectivity index (χ4v) is 3.24. The third-order valence-corrected chi connectivity index (χ3v) is 4.46. The lowest BCUT2D eigenvalue weighted by atomic mass is 9.95. The lowest BCUT2D eigenvalue weighted by Crippen LogP contribution is -2.30. The highest BCUT2D eigenvalue weighted by atomic mass is 127. The first kappa shape index (κ1) is 13.6. The molecule has 20 heavy (non-hydrogen) atoms. The van der Waals surface area contributed by atoms with Crippen LogP contribution in [0.4, 0.5) is 5.69 Å². The number of hydrogen-bond acceptors (Lipinski definition) is 2. The molecule has 1 aliphatic rings. The van der Waals surface area contributed by atoms with Crippen molar-refractivity contribution in [1.82, 2.24) is 9.55 Å². The van der Waals surface area contributed by atoms with E-state index in [1.165, 1.54) is 3.57 Å². The lowest BCUT2D eigenvalue weighted by molar-refractivity contribution is -0.120. The van der Waals surface area contributed by atoms with E-state index in [-0.39, 0.29) is 11.8 Å². The Balaban J connectivity index is 1.71. The molecular weight excluding hydrogens is 365 g/mol. The molecule has 1 aromatic carbocycles. The van der Waals surface area contributed by atoms with Crippen LogP contribution in [0.1, 0.15) is 17.7 Å².